The number of carboxylic acid groups (broad SMARTS) is 1. The predicted molar refractivity (Wildman–Crippen MR) is 519 cm³/mol. The van der Waals surface area contributed by atoms with E-state index < -0.39 is 126 Å². The summed E-state index contributed by atoms with van der Waals surface area (Å²) in [5.74, 6) is 0.179. The van der Waals surface area contributed by atoms with Crippen molar-refractivity contribution in [2.75, 3.05) is 108 Å². The van der Waals surface area contributed by atoms with Crippen LogP contribution in [0.5, 0.6) is 39.7 Å². The van der Waals surface area contributed by atoms with E-state index in [0.717, 1.165) is 81.2 Å². The molecule has 30 nitrogen and oxygen atoms in total. The number of halogens is 13. The third-order valence-corrected chi connectivity index (χ3v) is 46.9. The highest BCUT2D eigenvalue weighted by Gasteiger charge is 2.82. The Kier molecular flexibility index (Phi) is 50.7. The van der Waals surface area contributed by atoms with Gasteiger partial charge >= 0.3 is 48.5 Å². The summed E-state index contributed by atoms with van der Waals surface area (Å²) in [6.07, 6.45) is 4.05. The number of ketones is 1. The minimum Gasteiger partial charge on any atom is -0.493 e. The summed E-state index contributed by atoms with van der Waals surface area (Å²) in [5.41, 5.74) is 1.69. The van der Waals surface area contributed by atoms with E-state index in [1.165, 1.54) is 109 Å². The van der Waals surface area contributed by atoms with Crippen LogP contribution < -0.4 is 43.1 Å². The van der Waals surface area contributed by atoms with Gasteiger partial charge < -0.3 is 65.6 Å². The molecule has 3 aromatic carbocycles. The van der Waals surface area contributed by atoms with Crippen molar-refractivity contribution in [3.05, 3.63) is 113 Å². The van der Waals surface area contributed by atoms with Gasteiger partial charge in [0.1, 0.15) is 63.2 Å². The minimum atomic E-state index is -3.58. The van der Waals surface area contributed by atoms with E-state index in [1.54, 1.807) is 50.8 Å². The maximum Gasteiger partial charge on any atom is 0.529 e. The lowest BCUT2D eigenvalue weighted by molar-refractivity contribution is -0.144. The molecule has 0 spiro atoms. The Labute approximate surface area is 831 Å². The third kappa shape index (κ3) is 31.3. The number of aryl methyl sites for hydroxylation is 1. The number of esters is 1. The largest absolute Gasteiger partial charge is 0.529 e. The van der Waals surface area contributed by atoms with Gasteiger partial charge in [-0.15, -0.1) is 97.9 Å². The number of hydrogen-bond donors (Lipinski definition) is 2. The Balaban J connectivity index is 0.000000312. The van der Waals surface area contributed by atoms with Crippen LogP contribution >= 0.6 is 234 Å². The van der Waals surface area contributed by atoms with E-state index in [9.17, 15) is 41.9 Å². The van der Waals surface area contributed by atoms with Crippen LogP contribution in [-0.2, 0) is 108 Å². The number of methoxy groups -OCH3 is 4. The lowest BCUT2D eigenvalue weighted by Gasteiger charge is -2.37. The van der Waals surface area contributed by atoms with Gasteiger partial charge in [-0.25, -0.2) is 18.8 Å². The standard InChI is InChI=1S/C23H22O6.C10H11ClO3.C9H6Cl6O3S.C8H19O2PS2.C7H13O6P.C6H6Cl6.C6H11N2O4PS3.C4H10NO3PS/c1-11(2)16-8-14-15(28-16)6-5-12-22(24)21-13-7-18(25-3)19(26-4)9-17(13)27-10-20(21)29-23(12)14;1-6-5-8(11)3-4-9(6)14-7(2)10(12)13;10-5-6(11)8(13)4-2-18-19(16)17-1-3(4)7(5,12)9(8,14)15;1-4-7-12-11(9,10-6-3)13-8-5-2;1-6(5-7(8)10-2)13-14(9,11-3)12-4;7-1-2(8)4(10)6(12)5(11)3(1)9;1-10-5-7-8(6(9)16-5)4-15-13(14,11-2)12-3;1-4(6)5-9(7,8-2)10-3/h5-7,9,16,20-21H,1,8,10H2,2-4H3;3-5,7H,1-2H3,(H,12,13);3-4H,1-2H2;4-8H2,1-3H3;5H,1-4H3;1-6H;4H2,1-3H3;1-3H3,(H,5,6,7)/b;;;;6-5+;;;/t16-,20-,21+;;;;;;;/m1......./s1. The maximum atomic E-state index is 13.5. The van der Waals surface area contributed by atoms with Crippen LogP contribution in [0.15, 0.2) is 81.3 Å². The number of phosphoric ester groups is 1. The van der Waals surface area contributed by atoms with Crippen LogP contribution in [0, 0.1) is 18.8 Å². The number of carboxylic acids is 1. The zero-order valence-corrected chi connectivity index (χ0v) is 90.5. The molecule has 2 saturated carbocycles. The van der Waals surface area contributed by atoms with Crippen molar-refractivity contribution in [2.24, 2.45) is 11.8 Å². The highest BCUT2D eigenvalue weighted by molar-refractivity contribution is 8.89. The van der Waals surface area contributed by atoms with E-state index in [2.05, 4.69) is 48.9 Å². The van der Waals surface area contributed by atoms with Crippen LogP contribution in [0.25, 0.3) is 0 Å². The molecule has 11 rings (SSSR count). The first-order valence-electron chi connectivity index (χ1n) is 37.2. The fraction of sp³-hybridized carbons (Fsp3) is 0.589. The van der Waals surface area contributed by atoms with Crippen molar-refractivity contribution in [3.63, 3.8) is 0 Å². The van der Waals surface area contributed by atoms with Crippen LogP contribution in [-0.4, -0.2) is 216 Å². The number of nitrogens with one attached hydrogen (secondary N) is 1. The summed E-state index contributed by atoms with van der Waals surface area (Å²) in [7, 11) is 8.87. The molecule has 0 radical (unpaired) electrons. The first kappa shape index (κ1) is 118. The molecule has 54 heteroatoms. The van der Waals surface area contributed by atoms with E-state index in [-0.39, 0.29) is 64.2 Å². The molecule has 127 heavy (non-hydrogen) atoms. The van der Waals surface area contributed by atoms with Gasteiger partial charge in [-0.3, -0.25) is 46.0 Å². The number of alkyl halides is 10. The second-order valence-corrected chi connectivity index (χ2v) is 55.5. The SMILES string of the molecule is C=C(C)[C@H]1Cc2c(ccc3c2O[C@@H]2COc4cc(OC)c(OC)cc4[C@@H]2C3=O)O1.CCCSP(=O)(OCC)SCCC.COC(=O)/C=C(\C)OP(=O)(OC)OC.COP(=O)(NC(C)=O)SC.COc1nn(CSP(=S)(OC)OC)c(=O)s1.Cc1cc(Cl)ccc1OC(C)C(=O)O.ClC1C(Cl)C(Cl)C(Cl)C(Cl)C1Cl.O=S1OCC2C(CO1)C1(Cl)C(Cl)=C(Cl)C2(Cl)C1(Cl)Cl. The van der Waals surface area contributed by atoms with Gasteiger partial charge in [0.15, 0.2) is 27.7 Å². The monoisotopic (exact) mass is 2250 g/mol. The van der Waals surface area contributed by atoms with Crippen LogP contribution in [0.1, 0.15) is 94.3 Å². The number of aromatic nitrogens is 2. The van der Waals surface area contributed by atoms with Crippen LogP contribution in [0.4, 0.5) is 0 Å². The van der Waals surface area contributed by atoms with Gasteiger partial charge in [-0.2, -0.15) is 4.21 Å². The molecule has 4 aromatic rings. The summed E-state index contributed by atoms with van der Waals surface area (Å²) in [6.45, 7) is 16.0. The fourth-order valence-corrected chi connectivity index (χ4v) is 30.8. The number of amides is 1. The van der Waals surface area contributed by atoms with Crippen molar-refractivity contribution in [2.45, 2.75) is 151 Å². The predicted octanol–water partition coefficient (Wildman–Crippen LogP) is 22.2. The van der Waals surface area contributed by atoms with Crippen molar-refractivity contribution in [3.8, 4) is 39.7 Å². The summed E-state index contributed by atoms with van der Waals surface area (Å²) >= 11 is 88.7. The van der Waals surface area contributed by atoms with Gasteiger partial charge in [0.2, 0.25) is 11.6 Å². The number of benzene rings is 3. The number of fused-ring (bicyclic) bond motifs is 11. The molecule has 720 valence electrons. The fourth-order valence-electron chi connectivity index (χ4n) is 11.7. The second-order valence-electron chi connectivity index (χ2n) is 26.6. The summed E-state index contributed by atoms with van der Waals surface area (Å²) in [6, 6.07) is 12.3. The number of hydrogen-bond acceptors (Lipinski definition) is 33. The molecule has 1 amide bonds. The van der Waals surface area contributed by atoms with Gasteiger partial charge in [0, 0.05) is 94.5 Å². The zero-order valence-electron chi connectivity index (χ0n) is 71.3. The molecule has 7 aliphatic rings. The maximum absolute atomic E-state index is 13.5. The molecule has 1 saturated heterocycles. The van der Waals surface area contributed by atoms with Crippen molar-refractivity contribution < 1.29 is 120 Å². The summed E-state index contributed by atoms with van der Waals surface area (Å²) in [4.78, 5) is 53.6. The van der Waals surface area contributed by atoms with E-state index in [1.807, 2.05) is 32.9 Å². The average Bonchev–Trinajstić information content (AvgIpc) is 1.48. The lowest BCUT2D eigenvalue weighted by atomic mass is 9.81. The zero-order chi connectivity index (χ0) is 96.4. The lowest BCUT2D eigenvalue weighted by Crippen LogP contribution is -2.52. The van der Waals surface area contributed by atoms with Crippen molar-refractivity contribution in [1.29, 1.82) is 0 Å². The third-order valence-electron chi connectivity index (χ3n) is 18.2. The molecule has 5 heterocycles. The smallest absolute Gasteiger partial charge is 0.493 e. The first-order chi connectivity index (χ1) is 59.4. The van der Waals surface area contributed by atoms with E-state index in [4.69, 9.17) is 227 Å². The van der Waals surface area contributed by atoms with Gasteiger partial charge in [0.05, 0.1) is 108 Å². The van der Waals surface area contributed by atoms with Gasteiger partial charge in [-0.1, -0.05) is 113 Å². The molecular weight excluding hydrogens is 2160 g/mol. The van der Waals surface area contributed by atoms with Crippen LogP contribution in [0.3, 0.4) is 0 Å². The summed E-state index contributed by atoms with van der Waals surface area (Å²) in [5, 5.41) is 13.3. The summed E-state index contributed by atoms with van der Waals surface area (Å²) < 4.78 is 133. The highest BCUT2D eigenvalue weighted by Crippen LogP contribution is 2.77. The van der Waals surface area contributed by atoms with Crippen LogP contribution in [0.2, 0.25) is 5.02 Å². The van der Waals surface area contributed by atoms with Gasteiger partial charge in [0.25, 0.3) is 5.19 Å². The Morgan fingerprint density at radius 2 is 1.27 bits per heavy atom. The molecule has 9 atom stereocenters. The van der Waals surface area contributed by atoms with E-state index in [0.29, 0.717) is 57.6 Å². The number of rotatable bonds is 28. The Hall–Kier alpha value is -0.940. The highest BCUT2D eigenvalue weighted by atomic mass is 35.5. The number of phosphoric acid groups is 1. The van der Waals surface area contributed by atoms with Crippen molar-refractivity contribution in [1.82, 2.24) is 14.9 Å². The minimum absolute atomic E-state index is 0.0107. The molecule has 1 aromatic heterocycles. The molecule has 3 fully saturated rings. The normalized spacial score (nSPS) is 25.1. The average molecular weight is 2260 g/mol. The molecule has 4 aliphatic heterocycles. The number of carbonyl (C=O) groups excluding carboxylic acids is 3. The first-order valence-corrected chi connectivity index (χ1v) is 58.2. The quantitative estimate of drug-likeness (QED) is 0.0133. The number of allylic oxidation sites excluding steroid dienone is 3. The number of Topliss-reactive ketones (excluding diaryl/α,β-unsaturated/α-hetero) is 1. The van der Waals surface area contributed by atoms with Gasteiger partial charge in [-0.05, 0) is 136 Å². The number of carbonyl (C=O) groups is 4. The number of ether oxygens (including phenoxy) is 8. The Bertz CT molecular complexity index is 4640. The molecule has 2 bridgehead atoms. The number of aliphatic carboxylic acids is 1. The Morgan fingerprint density at radius 3 is 1.69 bits per heavy atom. The Morgan fingerprint density at radius 1 is 0.740 bits per heavy atom. The number of nitrogens with zero attached hydrogens (tertiary/aromatic N) is 2. The molecule has 3 aliphatic carbocycles. The van der Waals surface area contributed by atoms with Crippen molar-refractivity contribution >= 4 is 280 Å². The molecule has 2 N–H and O–H groups in total. The topological polar surface area (TPSA) is 361 Å². The second kappa shape index (κ2) is 54.4. The van der Waals surface area contributed by atoms with E-state index >= 15 is 0 Å². The molecular formula is C73H98Cl13N3O27P4S7. The molecule has 6 unspecified atom stereocenters.